The maximum absolute atomic E-state index is 11.1. The van der Waals surface area contributed by atoms with Crippen molar-refractivity contribution in [2.75, 3.05) is 52.9 Å². The summed E-state index contributed by atoms with van der Waals surface area (Å²) < 4.78 is 26.8. The molecule has 0 N–H and O–H groups in total. The lowest BCUT2D eigenvalue weighted by Crippen LogP contribution is -2.14. The quantitative estimate of drug-likeness (QED) is 0.174. The van der Waals surface area contributed by atoms with Gasteiger partial charge in [0.1, 0.15) is 12.4 Å². The van der Waals surface area contributed by atoms with E-state index >= 15 is 0 Å². The van der Waals surface area contributed by atoms with Crippen molar-refractivity contribution in [2.45, 2.75) is 71.6 Å². The zero-order valence-corrected chi connectivity index (χ0v) is 20.3. The van der Waals surface area contributed by atoms with Crippen LogP contribution in [0.5, 0.6) is 5.75 Å². The Bertz CT molecular complexity index is 546. The topological polar surface area (TPSA) is 63.2 Å². The molecule has 32 heavy (non-hydrogen) atoms. The molecule has 0 heterocycles. The van der Waals surface area contributed by atoms with Crippen molar-refractivity contribution in [1.82, 2.24) is 0 Å². The van der Waals surface area contributed by atoms with E-state index in [2.05, 4.69) is 19.1 Å². The van der Waals surface area contributed by atoms with Crippen molar-refractivity contribution < 1.29 is 28.5 Å². The maximum atomic E-state index is 11.1. The lowest BCUT2D eigenvalue weighted by molar-refractivity contribution is -0.144. The van der Waals surface area contributed by atoms with Gasteiger partial charge < -0.3 is 23.7 Å². The summed E-state index contributed by atoms with van der Waals surface area (Å²) in [6.07, 6.45) is 10.8. The van der Waals surface area contributed by atoms with Gasteiger partial charge in [0.25, 0.3) is 0 Å². The van der Waals surface area contributed by atoms with E-state index in [4.69, 9.17) is 23.7 Å². The first-order valence-electron chi connectivity index (χ1n) is 12.4. The smallest absolute Gasteiger partial charge is 0.308 e. The fourth-order valence-corrected chi connectivity index (χ4v) is 3.19. The summed E-state index contributed by atoms with van der Waals surface area (Å²) in [5.41, 5.74) is 1.38. The summed E-state index contributed by atoms with van der Waals surface area (Å²) in [6, 6.07) is 8.41. The summed E-state index contributed by atoms with van der Waals surface area (Å²) in [5.74, 6) is 0.650. The summed E-state index contributed by atoms with van der Waals surface area (Å²) in [7, 11) is 0. The Morgan fingerprint density at radius 3 is 1.88 bits per heavy atom. The average Bonchev–Trinajstić information content (AvgIpc) is 2.80. The van der Waals surface area contributed by atoms with Crippen LogP contribution in [0, 0.1) is 0 Å². The second kappa shape index (κ2) is 21.2. The first kappa shape index (κ1) is 28.4. The minimum atomic E-state index is -0.233. The summed E-state index contributed by atoms with van der Waals surface area (Å²) in [5, 5.41) is 0. The van der Waals surface area contributed by atoms with Crippen molar-refractivity contribution in [3.05, 3.63) is 29.8 Å². The molecule has 0 bridgehead atoms. The molecule has 0 aromatic heterocycles. The second-order valence-corrected chi connectivity index (χ2v) is 7.76. The van der Waals surface area contributed by atoms with Gasteiger partial charge >= 0.3 is 5.97 Å². The van der Waals surface area contributed by atoms with Gasteiger partial charge in [-0.2, -0.15) is 0 Å². The van der Waals surface area contributed by atoms with Crippen LogP contribution in [-0.2, 0) is 30.2 Å². The standard InChI is InChI=1S/C26H44O6/c1-3-5-6-7-8-9-10-11-24-12-14-25(15-13-24)32-23-22-30-21-20-29-19-18-28-17-16-26(27)31-4-2/h12-15H,3-11,16-23H2,1-2H3. The number of aryl methyl sites for hydroxylation is 1. The van der Waals surface area contributed by atoms with Crippen LogP contribution in [0.15, 0.2) is 24.3 Å². The Morgan fingerprint density at radius 2 is 1.25 bits per heavy atom. The highest BCUT2D eigenvalue weighted by Crippen LogP contribution is 2.15. The molecular weight excluding hydrogens is 408 g/mol. The molecule has 0 aliphatic rings. The highest BCUT2D eigenvalue weighted by molar-refractivity contribution is 5.69. The third kappa shape index (κ3) is 17.0. The van der Waals surface area contributed by atoms with Crippen molar-refractivity contribution in [2.24, 2.45) is 0 Å². The third-order valence-corrected chi connectivity index (χ3v) is 4.99. The molecule has 0 saturated carbocycles. The summed E-state index contributed by atoms with van der Waals surface area (Å²) in [6.45, 7) is 7.82. The average molecular weight is 453 g/mol. The molecule has 0 amide bonds. The number of ether oxygens (including phenoxy) is 5. The molecule has 0 saturated heterocycles. The molecular formula is C26H44O6. The van der Waals surface area contributed by atoms with E-state index in [1.54, 1.807) is 6.92 Å². The van der Waals surface area contributed by atoms with Crippen LogP contribution in [0.2, 0.25) is 0 Å². The van der Waals surface area contributed by atoms with Crippen LogP contribution in [-0.4, -0.2) is 58.8 Å². The van der Waals surface area contributed by atoms with Crippen LogP contribution in [0.25, 0.3) is 0 Å². The molecule has 0 aliphatic heterocycles. The normalized spacial score (nSPS) is 10.9. The Balaban J connectivity index is 1.89. The van der Waals surface area contributed by atoms with E-state index in [-0.39, 0.29) is 12.4 Å². The molecule has 0 atom stereocenters. The Hall–Kier alpha value is -1.63. The first-order chi connectivity index (χ1) is 15.8. The van der Waals surface area contributed by atoms with E-state index in [0.717, 1.165) is 12.2 Å². The first-order valence-corrected chi connectivity index (χ1v) is 12.4. The number of unbranched alkanes of at least 4 members (excludes halogenated alkanes) is 6. The molecule has 184 valence electrons. The molecule has 0 fully saturated rings. The van der Waals surface area contributed by atoms with Crippen LogP contribution < -0.4 is 4.74 Å². The molecule has 6 heteroatoms. The lowest BCUT2D eigenvalue weighted by atomic mass is 10.0. The Labute approximate surface area is 194 Å². The minimum Gasteiger partial charge on any atom is -0.491 e. The molecule has 1 aromatic carbocycles. The number of carbonyl (C=O) groups excluding carboxylic acids is 1. The van der Waals surface area contributed by atoms with Crippen LogP contribution in [0.3, 0.4) is 0 Å². The van der Waals surface area contributed by atoms with E-state index in [0.29, 0.717) is 52.9 Å². The van der Waals surface area contributed by atoms with Crippen molar-refractivity contribution >= 4 is 5.97 Å². The van der Waals surface area contributed by atoms with Crippen LogP contribution in [0.4, 0.5) is 0 Å². The monoisotopic (exact) mass is 452 g/mol. The van der Waals surface area contributed by atoms with Gasteiger partial charge in [0.2, 0.25) is 0 Å². The molecule has 6 nitrogen and oxygen atoms in total. The van der Waals surface area contributed by atoms with Gasteiger partial charge in [-0.3, -0.25) is 4.79 Å². The van der Waals surface area contributed by atoms with Gasteiger partial charge in [0.15, 0.2) is 0 Å². The largest absolute Gasteiger partial charge is 0.491 e. The number of esters is 1. The van der Waals surface area contributed by atoms with Gasteiger partial charge in [0, 0.05) is 0 Å². The molecule has 1 rings (SSSR count). The van der Waals surface area contributed by atoms with Gasteiger partial charge in [-0.1, -0.05) is 57.6 Å². The van der Waals surface area contributed by atoms with Gasteiger partial charge in [-0.15, -0.1) is 0 Å². The third-order valence-electron chi connectivity index (χ3n) is 4.99. The lowest BCUT2D eigenvalue weighted by Gasteiger charge is -2.09. The Morgan fingerprint density at radius 1 is 0.688 bits per heavy atom. The summed E-state index contributed by atoms with van der Waals surface area (Å²) in [4.78, 5) is 11.1. The molecule has 0 aliphatic carbocycles. The van der Waals surface area contributed by atoms with Crippen LogP contribution >= 0.6 is 0 Å². The predicted molar refractivity (Wildman–Crippen MR) is 127 cm³/mol. The van der Waals surface area contributed by atoms with Gasteiger partial charge in [-0.25, -0.2) is 0 Å². The number of hydrogen-bond donors (Lipinski definition) is 0. The maximum Gasteiger partial charge on any atom is 0.308 e. The minimum absolute atomic E-state index is 0.233. The zero-order valence-electron chi connectivity index (χ0n) is 20.3. The SMILES string of the molecule is CCCCCCCCCc1ccc(OCCOCCOCCOCCC(=O)OCC)cc1. The van der Waals surface area contributed by atoms with E-state index in [9.17, 15) is 4.79 Å². The number of carbonyl (C=O) groups is 1. The molecule has 0 unspecified atom stereocenters. The van der Waals surface area contributed by atoms with Crippen molar-refractivity contribution in [3.63, 3.8) is 0 Å². The molecule has 0 radical (unpaired) electrons. The Kier molecular flexibility index (Phi) is 18.8. The molecule has 1 aromatic rings. The second-order valence-electron chi connectivity index (χ2n) is 7.76. The van der Waals surface area contributed by atoms with E-state index in [1.807, 2.05) is 12.1 Å². The fraction of sp³-hybridized carbons (Fsp3) is 0.731. The van der Waals surface area contributed by atoms with E-state index in [1.165, 1.54) is 50.5 Å². The molecule has 0 spiro atoms. The number of benzene rings is 1. The highest BCUT2D eigenvalue weighted by Gasteiger charge is 2.01. The summed E-state index contributed by atoms with van der Waals surface area (Å²) >= 11 is 0. The highest BCUT2D eigenvalue weighted by atomic mass is 16.6. The number of hydrogen-bond acceptors (Lipinski definition) is 6. The van der Waals surface area contributed by atoms with Gasteiger partial charge in [-0.05, 0) is 37.5 Å². The van der Waals surface area contributed by atoms with Gasteiger partial charge in [0.05, 0.1) is 52.7 Å². The number of rotatable bonds is 22. The van der Waals surface area contributed by atoms with Crippen molar-refractivity contribution in [3.8, 4) is 5.75 Å². The fourth-order valence-electron chi connectivity index (χ4n) is 3.19. The predicted octanol–water partition coefficient (Wildman–Crippen LogP) is 5.36. The van der Waals surface area contributed by atoms with E-state index < -0.39 is 0 Å². The zero-order chi connectivity index (χ0) is 23.1. The van der Waals surface area contributed by atoms with Crippen LogP contribution in [0.1, 0.15) is 70.8 Å². The van der Waals surface area contributed by atoms with Crippen molar-refractivity contribution in [1.29, 1.82) is 0 Å².